The van der Waals surface area contributed by atoms with E-state index in [4.69, 9.17) is 11.6 Å². The first-order valence-electron chi connectivity index (χ1n) is 7.75. The molecule has 0 saturated carbocycles. The van der Waals surface area contributed by atoms with Crippen LogP contribution >= 0.6 is 11.6 Å². The monoisotopic (exact) mass is 331 g/mol. The molecule has 0 radical (unpaired) electrons. The molecule has 0 unspecified atom stereocenters. The van der Waals surface area contributed by atoms with Crippen molar-refractivity contribution in [2.45, 2.75) is 25.7 Å². The fourth-order valence-electron chi connectivity index (χ4n) is 2.72. The van der Waals surface area contributed by atoms with E-state index in [1.54, 1.807) is 24.3 Å². The van der Waals surface area contributed by atoms with Gasteiger partial charge >= 0.3 is 0 Å². The normalized spacial score (nSPS) is 14.7. The third kappa shape index (κ3) is 3.79. The molecule has 1 aromatic carbocycles. The molecule has 1 saturated heterocycles. The molecule has 3 rings (SSSR count). The Balaban J connectivity index is 1.75. The molecule has 1 aliphatic rings. The Hall–Kier alpha value is -2.14. The SMILES string of the molecule is O=C(Cc1cnc(-c2ccc(Cl)cc2)[nH]c1=O)N1CCCCC1. The third-order valence-electron chi connectivity index (χ3n) is 4.04. The van der Waals surface area contributed by atoms with E-state index < -0.39 is 0 Å². The maximum absolute atomic E-state index is 12.2. The van der Waals surface area contributed by atoms with Crippen molar-refractivity contribution in [2.24, 2.45) is 0 Å². The van der Waals surface area contributed by atoms with Crippen LogP contribution in [0.5, 0.6) is 0 Å². The molecular weight excluding hydrogens is 314 g/mol. The maximum atomic E-state index is 12.2. The number of aromatic amines is 1. The van der Waals surface area contributed by atoms with E-state index in [1.165, 1.54) is 12.6 Å². The van der Waals surface area contributed by atoms with E-state index in [0.717, 1.165) is 31.5 Å². The van der Waals surface area contributed by atoms with Crippen molar-refractivity contribution >= 4 is 17.5 Å². The molecule has 2 heterocycles. The fourth-order valence-corrected chi connectivity index (χ4v) is 2.85. The zero-order valence-electron chi connectivity index (χ0n) is 12.7. The van der Waals surface area contributed by atoms with Gasteiger partial charge in [-0.2, -0.15) is 0 Å². The van der Waals surface area contributed by atoms with Crippen LogP contribution in [0.3, 0.4) is 0 Å². The van der Waals surface area contributed by atoms with Gasteiger partial charge in [0.05, 0.1) is 6.42 Å². The summed E-state index contributed by atoms with van der Waals surface area (Å²) >= 11 is 5.85. The Labute approximate surface area is 139 Å². The van der Waals surface area contributed by atoms with Crippen molar-refractivity contribution in [3.8, 4) is 11.4 Å². The Morgan fingerprint density at radius 1 is 1.17 bits per heavy atom. The Morgan fingerprint density at radius 3 is 2.52 bits per heavy atom. The molecule has 0 spiro atoms. The molecule has 0 bridgehead atoms. The number of aromatic nitrogens is 2. The standard InChI is InChI=1S/C17H18ClN3O2/c18-14-6-4-12(5-7-14)16-19-11-13(17(23)20-16)10-15(22)21-8-2-1-3-9-21/h4-7,11H,1-3,8-10H2,(H,19,20,23). The van der Waals surface area contributed by atoms with Crippen molar-refractivity contribution in [2.75, 3.05) is 13.1 Å². The molecule has 1 N–H and O–H groups in total. The third-order valence-corrected chi connectivity index (χ3v) is 4.29. The smallest absolute Gasteiger partial charge is 0.254 e. The predicted octanol–water partition coefficient (Wildman–Crippen LogP) is 2.65. The summed E-state index contributed by atoms with van der Waals surface area (Å²) in [5.74, 6) is 0.470. The number of rotatable bonds is 3. The molecular formula is C17H18ClN3O2. The van der Waals surface area contributed by atoms with Gasteiger partial charge in [0.2, 0.25) is 5.91 Å². The number of likely N-dealkylation sites (tertiary alicyclic amines) is 1. The van der Waals surface area contributed by atoms with Crippen LogP contribution in [0.1, 0.15) is 24.8 Å². The highest BCUT2D eigenvalue weighted by atomic mass is 35.5. The number of carbonyl (C=O) groups excluding carboxylic acids is 1. The Bertz CT molecular complexity index is 749. The van der Waals surface area contributed by atoms with Gasteiger partial charge in [-0.3, -0.25) is 9.59 Å². The van der Waals surface area contributed by atoms with E-state index in [1.807, 2.05) is 4.90 Å². The predicted molar refractivity (Wildman–Crippen MR) is 89.4 cm³/mol. The first-order chi connectivity index (χ1) is 11.1. The van der Waals surface area contributed by atoms with E-state index in [-0.39, 0.29) is 17.9 Å². The van der Waals surface area contributed by atoms with Crippen LogP contribution in [0.2, 0.25) is 5.02 Å². The molecule has 2 aromatic rings. The van der Waals surface area contributed by atoms with Crippen LogP contribution in [0.4, 0.5) is 0 Å². The average molecular weight is 332 g/mol. The van der Waals surface area contributed by atoms with Gasteiger partial charge in [0.1, 0.15) is 5.82 Å². The van der Waals surface area contributed by atoms with Gasteiger partial charge < -0.3 is 9.88 Å². The van der Waals surface area contributed by atoms with Crippen LogP contribution in [0.15, 0.2) is 35.3 Å². The van der Waals surface area contributed by atoms with E-state index in [0.29, 0.717) is 16.4 Å². The molecule has 1 amide bonds. The lowest BCUT2D eigenvalue weighted by molar-refractivity contribution is -0.131. The molecule has 5 nitrogen and oxygen atoms in total. The minimum Gasteiger partial charge on any atom is -0.342 e. The van der Waals surface area contributed by atoms with Crippen LogP contribution in [0, 0.1) is 0 Å². The molecule has 1 aliphatic heterocycles. The summed E-state index contributed by atoms with van der Waals surface area (Å²) < 4.78 is 0. The lowest BCUT2D eigenvalue weighted by Crippen LogP contribution is -2.37. The number of piperidine rings is 1. The van der Waals surface area contributed by atoms with E-state index in [2.05, 4.69) is 9.97 Å². The van der Waals surface area contributed by atoms with Gasteiger partial charge in [-0.15, -0.1) is 0 Å². The number of nitrogens with zero attached hydrogens (tertiary/aromatic N) is 2. The fraction of sp³-hybridized carbons (Fsp3) is 0.353. The van der Waals surface area contributed by atoms with Crippen LogP contribution in [-0.4, -0.2) is 33.9 Å². The second-order valence-electron chi connectivity index (χ2n) is 5.71. The number of H-pyrrole nitrogens is 1. The summed E-state index contributed by atoms with van der Waals surface area (Å²) in [7, 11) is 0. The van der Waals surface area contributed by atoms with Crippen molar-refractivity contribution in [3.05, 3.63) is 51.4 Å². The molecule has 1 aromatic heterocycles. The van der Waals surface area contributed by atoms with Crippen molar-refractivity contribution in [1.29, 1.82) is 0 Å². The summed E-state index contributed by atoms with van der Waals surface area (Å²) in [5.41, 5.74) is 0.911. The van der Waals surface area contributed by atoms with Gasteiger partial charge in [-0.1, -0.05) is 11.6 Å². The van der Waals surface area contributed by atoms with Crippen molar-refractivity contribution in [1.82, 2.24) is 14.9 Å². The maximum Gasteiger partial charge on any atom is 0.254 e. The van der Waals surface area contributed by atoms with E-state index in [9.17, 15) is 9.59 Å². The Morgan fingerprint density at radius 2 is 1.87 bits per heavy atom. The summed E-state index contributed by atoms with van der Waals surface area (Å²) in [5, 5.41) is 0.625. The topological polar surface area (TPSA) is 66.1 Å². The molecule has 0 aliphatic carbocycles. The second-order valence-corrected chi connectivity index (χ2v) is 6.15. The molecule has 6 heteroatoms. The summed E-state index contributed by atoms with van der Waals surface area (Å²) in [6.07, 6.45) is 4.83. The van der Waals surface area contributed by atoms with Gasteiger partial charge in [0.25, 0.3) is 5.56 Å². The average Bonchev–Trinajstić information content (AvgIpc) is 2.58. The number of carbonyl (C=O) groups is 1. The highest BCUT2D eigenvalue weighted by Gasteiger charge is 2.18. The molecule has 23 heavy (non-hydrogen) atoms. The number of halogens is 1. The molecule has 1 fully saturated rings. The highest BCUT2D eigenvalue weighted by molar-refractivity contribution is 6.30. The highest BCUT2D eigenvalue weighted by Crippen LogP contribution is 2.17. The zero-order valence-corrected chi connectivity index (χ0v) is 13.5. The molecule has 120 valence electrons. The number of amides is 1. The van der Waals surface area contributed by atoms with Crippen LogP contribution in [-0.2, 0) is 11.2 Å². The lowest BCUT2D eigenvalue weighted by Gasteiger charge is -2.26. The second kappa shape index (κ2) is 6.96. The van der Waals surface area contributed by atoms with E-state index >= 15 is 0 Å². The zero-order chi connectivity index (χ0) is 16.2. The number of nitrogens with one attached hydrogen (secondary N) is 1. The van der Waals surface area contributed by atoms with Crippen LogP contribution in [0.25, 0.3) is 11.4 Å². The quantitative estimate of drug-likeness (QED) is 0.940. The van der Waals surface area contributed by atoms with Gasteiger partial charge in [-0.05, 0) is 43.5 Å². The van der Waals surface area contributed by atoms with Crippen molar-refractivity contribution in [3.63, 3.8) is 0 Å². The summed E-state index contributed by atoms with van der Waals surface area (Å²) in [4.78, 5) is 33.3. The minimum absolute atomic E-state index is 0.00348. The molecule has 0 atom stereocenters. The first-order valence-corrected chi connectivity index (χ1v) is 8.13. The lowest BCUT2D eigenvalue weighted by atomic mass is 10.1. The minimum atomic E-state index is -0.268. The Kier molecular flexibility index (Phi) is 4.76. The largest absolute Gasteiger partial charge is 0.342 e. The number of hydrogen-bond acceptors (Lipinski definition) is 3. The summed E-state index contributed by atoms with van der Waals surface area (Å²) in [6, 6.07) is 7.06. The number of benzene rings is 1. The first kappa shape index (κ1) is 15.7. The van der Waals surface area contributed by atoms with Crippen molar-refractivity contribution < 1.29 is 4.79 Å². The van der Waals surface area contributed by atoms with Crippen LogP contribution < -0.4 is 5.56 Å². The summed E-state index contributed by atoms with van der Waals surface area (Å²) in [6.45, 7) is 1.57. The number of hydrogen-bond donors (Lipinski definition) is 1. The van der Waals surface area contributed by atoms with Gasteiger partial charge in [-0.25, -0.2) is 4.98 Å². The van der Waals surface area contributed by atoms with Gasteiger partial charge in [0.15, 0.2) is 0 Å². The van der Waals surface area contributed by atoms with Gasteiger partial charge in [0, 0.05) is 35.4 Å².